The molecule has 1 aliphatic rings. The van der Waals surface area contributed by atoms with Crippen molar-refractivity contribution in [2.45, 2.75) is 32.7 Å². The van der Waals surface area contributed by atoms with Gasteiger partial charge >= 0.3 is 0 Å². The van der Waals surface area contributed by atoms with E-state index in [9.17, 15) is 4.79 Å². The third-order valence-electron chi connectivity index (χ3n) is 5.81. The molecule has 2 N–H and O–H groups in total. The standard InChI is InChI=1S/C25H35N5O.HI/c1-4-24(22-8-6-5-7-9-22)29-16-18-30(19-17-29)25(26-3)27-15-14-21-10-12-23(13-11-21)28-20(2)31;/h5-13,24H,4,14-19H2,1-3H3,(H,26,27)(H,28,31);1H. The molecule has 0 bridgehead atoms. The highest BCUT2D eigenvalue weighted by Crippen LogP contribution is 2.25. The van der Waals surface area contributed by atoms with Crippen LogP contribution in [0.25, 0.3) is 0 Å². The quantitative estimate of drug-likeness (QED) is 0.310. The van der Waals surface area contributed by atoms with Crippen molar-refractivity contribution in [3.63, 3.8) is 0 Å². The molecule has 7 heteroatoms. The van der Waals surface area contributed by atoms with E-state index < -0.39 is 0 Å². The summed E-state index contributed by atoms with van der Waals surface area (Å²) in [6, 6.07) is 19.3. The van der Waals surface area contributed by atoms with Crippen molar-refractivity contribution >= 4 is 41.5 Å². The molecule has 0 aromatic heterocycles. The zero-order valence-corrected chi connectivity index (χ0v) is 21.7. The molecule has 2 aromatic rings. The number of hydrogen-bond acceptors (Lipinski definition) is 3. The molecule has 1 amide bonds. The van der Waals surface area contributed by atoms with Crippen molar-refractivity contribution in [2.75, 3.05) is 45.1 Å². The number of carbonyl (C=O) groups is 1. The Balaban J connectivity index is 0.00000363. The molecule has 0 saturated carbocycles. The molecular weight excluding hydrogens is 513 g/mol. The van der Waals surface area contributed by atoms with Gasteiger partial charge in [0.25, 0.3) is 0 Å². The Labute approximate surface area is 209 Å². The zero-order chi connectivity index (χ0) is 22.1. The van der Waals surface area contributed by atoms with Crippen molar-refractivity contribution < 1.29 is 4.79 Å². The molecule has 0 spiro atoms. The van der Waals surface area contributed by atoms with Crippen molar-refractivity contribution in [2.24, 2.45) is 4.99 Å². The molecular formula is C25H36IN5O. The lowest BCUT2D eigenvalue weighted by Crippen LogP contribution is -2.53. The number of amides is 1. The van der Waals surface area contributed by atoms with Gasteiger partial charge in [-0.15, -0.1) is 24.0 Å². The van der Waals surface area contributed by atoms with E-state index in [0.717, 1.165) is 57.2 Å². The van der Waals surface area contributed by atoms with Gasteiger partial charge in [0.2, 0.25) is 5.91 Å². The number of nitrogens with one attached hydrogen (secondary N) is 2. The molecule has 1 unspecified atom stereocenters. The first kappa shape index (κ1) is 26.1. The van der Waals surface area contributed by atoms with Crippen LogP contribution in [0, 0.1) is 0 Å². The van der Waals surface area contributed by atoms with E-state index in [-0.39, 0.29) is 29.9 Å². The number of hydrogen-bond donors (Lipinski definition) is 2. The summed E-state index contributed by atoms with van der Waals surface area (Å²) in [5.74, 6) is 0.926. The van der Waals surface area contributed by atoms with Crippen molar-refractivity contribution in [3.8, 4) is 0 Å². The third-order valence-corrected chi connectivity index (χ3v) is 5.81. The molecule has 1 heterocycles. The Morgan fingerprint density at radius 1 is 1.03 bits per heavy atom. The summed E-state index contributed by atoms with van der Waals surface area (Å²) in [4.78, 5) is 20.6. The summed E-state index contributed by atoms with van der Waals surface area (Å²) >= 11 is 0. The number of guanidine groups is 1. The summed E-state index contributed by atoms with van der Waals surface area (Å²) in [5, 5.41) is 6.31. The largest absolute Gasteiger partial charge is 0.356 e. The predicted molar refractivity (Wildman–Crippen MR) is 144 cm³/mol. The fraction of sp³-hybridized carbons (Fsp3) is 0.440. The lowest BCUT2D eigenvalue weighted by Gasteiger charge is -2.40. The molecule has 32 heavy (non-hydrogen) atoms. The molecule has 6 nitrogen and oxygen atoms in total. The van der Waals surface area contributed by atoms with Gasteiger partial charge in [-0.3, -0.25) is 14.7 Å². The summed E-state index contributed by atoms with van der Waals surface area (Å²) in [7, 11) is 1.86. The number of carbonyl (C=O) groups excluding carboxylic acids is 1. The van der Waals surface area contributed by atoms with Crippen LogP contribution < -0.4 is 10.6 Å². The summed E-state index contributed by atoms with van der Waals surface area (Å²) in [6.07, 6.45) is 2.03. The SMILES string of the molecule is CCC(c1ccccc1)N1CCN(C(=NC)NCCc2ccc(NC(C)=O)cc2)CC1.I. The number of benzene rings is 2. The van der Waals surface area contributed by atoms with Crippen LogP contribution in [0.5, 0.6) is 0 Å². The molecule has 174 valence electrons. The normalized spacial score (nSPS) is 15.6. The zero-order valence-electron chi connectivity index (χ0n) is 19.4. The molecule has 1 fully saturated rings. The lowest BCUT2D eigenvalue weighted by atomic mass is 10.0. The summed E-state index contributed by atoms with van der Waals surface area (Å²) < 4.78 is 0. The van der Waals surface area contributed by atoms with Crippen molar-refractivity contribution in [3.05, 3.63) is 65.7 Å². The maximum atomic E-state index is 11.1. The topological polar surface area (TPSA) is 60.0 Å². The fourth-order valence-corrected chi connectivity index (χ4v) is 4.23. The second-order valence-corrected chi connectivity index (χ2v) is 7.96. The second kappa shape index (κ2) is 13.4. The van der Waals surface area contributed by atoms with Crippen LogP contribution >= 0.6 is 24.0 Å². The van der Waals surface area contributed by atoms with Gasteiger partial charge in [-0.1, -0.05) is 49.4 Å². The fourth-order valence-electron chi connectivity index (χ4n) is 4.23. The molecule has 0 radical (unpaired) electrons. The van der Waals surface area contributed by atoms with E-state index >= 15 is 0 Å². The summed E-state index contributed by atoms with van der Waals surface area (Å²) in [5.41, 5.74) is 3.47. The smallest absolute Gasteiger partial charge is 0.221 e. The minimum Gasteiger partial charge on any atom is -0.356 e. The molecule has 0 aliphatic carbocycles. The first-order valence-corrected chi connectivity index (χ1v) is 11.2. The minimum atomic E-state index is -0.0488. The number of rotatable bonds is 7. The Hall–Kier alpha value is -2.13. The highest BCUT2D eigenvalue weighted by atomic mass is 127. The Bertz CT molecular complexity index is 848. The molecule has 1 atom stereocenters. The maximum absolute atomic E-state index is 11.1. The van der Waals surface area contributed by atoms with Gasteiger partial charge in [0.05, 0.1) is 0 Å². The van der Waals surface area contributed by atoms with E-state index in [2.05, 4.69) is 74.8 Å². The number of aliphatic imine (C=N–C) groups is 1. The van der Waals surface area contributed by atoms with Gasteiger partial charge in [-0.25, -0.2) is 0 Å². The average molecular weight is 550 g/mol. The number of halogens is 1. The van der Waals surface area contributed by atoms with Gasteiger partial charge in [0.15, 0.2) is 5.96 Å². The Morgan fingerprint density at radius 2 is 1.69 bits per heavy atom. The Morgan fingerprint density at radius 3 is 2.25 bits per heavy atom. The van der Waals surface area contributed by atoms with Gasteiger partial charge in [-0.05, 0) is 36.1 Å². The maximum Gasteiger partial charge on any atom is 0.221 e. The van der Waals surface area contributed by atoms with Crippen LogP contribution in [0.2, 0.25) is 0 Å². The van der Waals surface area contributed by atoms with E-state index in [0.29, 0.717) is 6.04 Å². The Kier molecular flexibility index (Phi) is 11.0. The van der Waals surface area contributed by atoms with E-state index in [1.165, 1.54) is 18.1 Å². The van der Waals surface area contributed by atoms with E-state index in [1.54, 1.807) is 0 Å². The average Bonchev–Trinajstić information content (AvgIpc) is 2.79. The van der Waals surface area contributed by atoms with Crippen LogP contribution in [-0.2, 0) is 11.2 Å². The van der Waals surface area contributed by atoms with Gasteiger partial charge in [0, 0.05) is 58.4 Å². The van der Waals surface area contributed by atoms with Crippen molar-refractivity contribution in [1.82, 2.24) is 15.1 Å². The van der Waals surface area contributed by atoms with Crippen LogP contribution in [-0.4, -0.2) is 61.4 Å². The van der Waals surface area contributed by atoms with Crippen LogP contribution in [0.15, 0.2) is 59.6 Å². The van der Waals surface area contributed by atoms with Gasteiger partial charge < -0.3 is 15.5 Å². The minimum absolute atomic E-state index is 0. The van der Waals surface area contributed by atoms with Crippen LogP contribution in [0.3, 0.4) is 0 Å². The monoisotopic (exact) mass is 549 g/mol. The first-order valence-electron chi connectivity index (χ1n) is 11.2. The molecule has 3 rings (SSSR count). The van der Waals surface area contributed by atoms with Crippen LogP contribution in [0.1, 0.15) is 37.4 Å². The van der Waals surface area contributed by atoms with Gasteiger partial charge in [0.1, 0.15) is 0 Å². The highest BCUT2D eigenvalue weighted by molar-refractivity contribution is 14.0. The summed E-state index contributed by atoms with van der Waals surface area (Å²) in [6.45, 7) is 8.66. The van der Waals surface area contributed by atoms with E-state index in [4.69, 9.17) is 0 Å². The van der Waals surface area contributed by atoms with Crippen molar-refractivity contribution in [1.29, 1.82) is 0 Å². The number of piperazine rings is 1. The molecule has 1 aliphatic heterocycles. The van der Waals surface area contributed by atoms with E-state index in [1.807, 2.05) is 19.2 Å². The number of nitrogens with zero attached hydrogens (tertiary/aromatic N) is 3. The first-order chi connectivity index (χ1) is 15.1. The number of anilines is 1. The lowest BCUT2D eigenvalue weighted by molar-refractivity contribution is -0.114. The third kappa shape index (κ3) is 7.48. The highest BCUT2D eigenvalue weighted by Gasteiger charge is 2.25. The second-order valence-electron chi connectivity index (χ2n) is 7.96. The van der Waals surface area contributed by atoms with Crippen LogP contribution in [0.4, 0.5) is 5.69 Å². The molecule has 1 saturated heterocycles. The van der Waals surface area contributed by atoms with Gasteiger partial charge in [-0.2, -0.15) is 0 Å². The molecule has 2 aromatic carbocycles. The predicted octanol–water partition coefficient (Wildman–Crippen LogP) is 4.15.